The van der Waals surface area contributed by atoms with Crippen LogP contribution >= 0.6 is 0 Å². The van der Waals surface area contributed by atoms with E-state index in [0.717, 1.165) is 0 Å². The summed E-state index contributed by atoms with van der Waals surface area (Å²) in [4.78, 5) is 11.7. The van der Waals surface area contributed by atoms with Crippen molar-refractivity contribution in [1.29, 1.82) is 5.26 Å². The van der Waals surface area contributed by atoms with Crippen LogP contribution in [-0.4, -0.2) is 19.2 Å². The minimum atomic E-state index is -0.501. The molecule has 0 bridgehead atoms. The molecule has 5 nitrogen and oxygen atoms in total. The average molecular weight is 265 g/mol. The molecule has 0 spiro atoms. The van der Waals surface area contributed by atoms with E-state index in [4.69, 9.17) is 10.00 Å². The summed E-state index contributed by atoms with van der Waals surface area (Å²) < 4.78 is 18.1. The van der Waals surface area contributed by atoms with Gasteiger partial charge < -0.3 is 15.4 Å². The van der Waals surface area contributed by atoms with Crippen LogP contribution in [0.15, 0.2) is 18.2 Å². The van der Waals surface area contributed by atoms with Crippen molar-refractivity contribution >= 4 is 11.7 Å². The highest BCUT2D eigenvalue weighted by atomic mass is 19.1. The summed E-state index contributed by atoms with van der Waals surface area (Å²) in [7, 11) is 1.42. The van der Waals surface area contributed by atoms with Crippen molar-refractivity contribution in [2.24, 2.45) is 0 Å². The number of nitrogens with zero attached hydrogens (tertiary/aromatic N) is 1. The second-order valence-electron chi connectivity index (χ2n) is 3.95. The predicted octanol–water partition coefficient (Wildman–Crippen LogP) is 2.65. The fourth-order valence-corrected chi connectivity index (χ4v) is 1.51. The molecule has 0 heterocycles. The first kappa shape index (κ1) is 14.8. The molecule has 1 rings (SSSR count). The van der Waals surface area contributed by atoms with E-state index in [-0.39, 0.29) is 12.5 Å². The van der Waals surface area contributed by atoms with E-state index in [0.29, 0.717) is 17.9 Å². The first-order valence-corrected chi connectivity index (χ1v) is 5.88. The number of methoxy groups -OCH3 is 1. The summed E-state index contributed by atoms with van der Waals surface area (Å²) in [6, 6.07) is 5.21. The van der Waals surface area contributed by atoms with Crippen LogP contribution in [0.1, 0.15) is 19.8 Å². The van der Waals surface area contributed by atoms with Gasteiger partial charge in [-0.05, 0) is 12.5 Å². The van der Waals surface area contributed by atoms with Crippen LogP contribution in [0.25, 0.3) is 0 Å². The molecule has 1 aromatic rings. The third-order valence-electron chi connectivity index (χ3n) is 2.53. The molecule has 1 atom stereocenters. The number of hydrogen-bond acceptors (Lipinski definition) is 3. The molecule has 0 aromatic heterocycles. The summed E-state index contributed by atoms with van der Waals surface area (Å²) in [5.41, 5.74) is 0.293. The minimum Gasteiger partial charge on any atom is -0.497 e. The van der Waals surface area contributed by atoms with Crippen LogP contribution in [-0.2, 0) is 0 Å². The maximum absolute atomic E-state index is 13.2. The van der Waals surface area contributed by atoms with Crippen LogP contribution in [0, 0.1) is 17.1 Å². The number of nitrogens with one attached hydrogen (secondary N) is 2. The Balaban J connectivity index is 2.66. The zero-order valence-electron chi connectivity index (χ0n) is 10.9. The molecule has 0 aliphatic heterocycles. The highest BCUT2D eigenvalue weighted by molar-refractivity contribution is 5.89. The third kappa shape index (κ3) is 4.84. The van der Waals surface area contributed by atoms with Gasteiger partial charge in [0.25, 0.3) is 0 Å². The van der Waals surface area contributed by atoms with E-state index >= 15 is 0 Å². The molecule has 0 fully saturated rings. The van der Waals surface area contributed by atoms with E-state index in [1.165, 1.54) is 25.3 Å². The predicted molar refractivity (Wildman–Crippen MR) is 69.4 cm³/mol. The van der Waals surface area contributed by atoms with Gasteiger partial charge in [-0.1, -0.05) is 6.92 Å². The number of rotatable bonds is 5. The fourth-order valence-electron chi connectivity index (χ4n) is 1.51. The molecule has 1 unspecified atom stereocenters. The SMILES string of the molecule is CCC(CC#N)NC(=O)Nc1cc(F)cc(OC)c1. The molecule has 2 N–H and O–H groups in total. The molecule has 1 aromatic carbocycles. The molecular weight excluding hydrogens is 249 g/mol. The van der Waals surface area contributed by atoms with Crippen LogP contribution < -0.4 is 15.4 Å². The Morgan fingerprint density at radius 3 is 2.84 bits per heavy atom. The number of carbonyl (C=O) groups is 1. The Bertz CT molecular complexity index is 485. The van der Waals surface area contributed by atoms with Gasteiger partial charge in [0.05, 0.1) is 19.6 Å². The maximum atomic E-state index is 13.2. The van der Waals surface area contributed by atoms with E-state index in [1.54, 1.807) is 0 Å². The van der Waals surface area contributed by atoms with Gasteiger partial charge in [-0.2, -0.15) is 5.26 Å². The lowest BCUT2D eigenvalue weighted by molar-refractivity contribution is 0.248. The number of amides is 2. The molecule has 0 saturated heterocycles. The highest BCUT2D eigenvalue weighted by Gasteiger charge is 2.10. The fraction of sp³-hybridized carbons (Fsp3) is 0.385. The lowest BCUT2D eigenvalue weighted by Crippen LogP contribution is -2.37. The second-order valence-corrected chi connectivity index (χ2v) is 3.95. The summed E-state index contributed by atoms with van der Waals surface area (Å²) in [6.45, 7) is 1.87. The topological polar surface area (TPSA) is 74.2 Å². The minimum absolute atomic E-state index is 0.222. The Morgan fingerprint density at radius 2 is 2.26 bits per heavy atom. The Morgan fingerprint density at radius 1 is 1.53 bits per heavy atom. The van der Waals surface area contributed by atoms with E-state index in [2.05, 4.69) is 10.6 Å². The standard InChI is InChI=1S/C13H16FN3O2/c1-3-10(4-5-15)16-13(18)17-11-6-9(14)7-12(8-11)19-2/h6-8,10H,3-4H2,1-2H3,(H2,16,17,18). The van der Waals surface area contributed by atoms with Crippen LogP contribution in [0.2, 0.25) is 0 Å². The van der Waals surface area contributed by atoms with Crippen molar-refractivity contribution in [3.63, 3.8) is 0 Å². The Kier molecular flexibility index (Phi) is 5.61. The number of carbonyl (C=O) groups excluding carboxylic acids is 1. The normalized spacial score (nSPS) is 11.3. The van der Waals surface area contributed by atoms with Gasteiger partial charge in [-0.25, -0.2) is 9.18 Å². The summed E-state index contributed by atoms with van der Waals surface area (Å²) in [6.07, 6.45) is 0.879. The molecule has 6 heteroatoms. The van der Waals surface area contributed by atoms with Crippen molar-refractivity contribution in [3.8, 4) is 11.8 Å². The Hall–Kier alpha value is -2.29. The van der Waals surface area contributed by atoms with Crippen LogP contribution in [0.4, 0.5) is 14.9 Å². The number of urea groups is 1. The zero-order chi connectivity index (χ0) is 14.3. The van der Waals surface area contributed by atoms with Gasteiger partial charge >= 0.3 is 6.03 Å². The van der Waals surface area contributed by atoms with Crippen molar-refractivity contribution in [2.45, 2.75) is 25.8 Å². The average Bonchev–Trinajstić information content (AvgIpc) is 2.37. The molecule has 0 aliphatic carbocycles. The van der Waals surface area contributed by atoms with E-state index in [1.807, 2.05) is 13.0 Å². The zero-order valence-corrected chi connectivity index (χ0v) is 10.9. The Labute approximate surface area is 111 Å². The first-order chi connectivity index (χ1) is 9.08. The highest BCUT2D eigenvalue weighted by Crippen LogP contribution is 2.19. The molecular formula is C13H16FN3O2. The van der Waals surface area contributed by atoms with Crippen molar-refractivity contribution in [2.75, 3.05) is 12.4 Å². The number of anilines is 1. The molecule has 0 saturated carbocycles. The third-order valence-corrected chi connectivity index (χ3v) is 2.53. The van der Waals surface area contributed by atoms with Gasteiger partial charge in [0.2, 0.25) is 0 Å². The van der Waals surface area contributed by atoms with Crippen molar-refractivity contribution in [3.05, 3.63) is 24.0 Å². The second kappa shape index (κ2) is 7.21. The van der Waals surface area contributed by atoms with Gasteiger partial charge in [-0.15, -0.1) is 0 Å². The first-order valence-electron chi connectivity index (χ1n) is 5.88. The smallest absolute Gasteiger partial charge is 0.319 e. The van der Waals surface area contributed by atoms with Gasteiger partial charge in [0.15, 0.2) is 0 Å². The summed E-state index contributed by atoms with van der Waals surface area (Å²) in [5, 5.41) is 13.7. The van der Waals surface area contributed by atoms with Gasteiger partial charge in [0, 0.05) is 23.9 Å². The molecule has 19 heavy (non-hydrogen) atoms. The van der Waals surface area contributed by atoms with Crippen LogP contribution in [0.3, 0.4) is 0 Å². The number of nitriles is 1. The quantitative estimate of drug-likeness (QED) is 0.859. The number of hydrogen-bond donors (Lipinski definition) is 2. The van der Waals surface area contributed by atoms with Crippen molar-refractivity contribution < 1.29 is 13.9 Å². The lowest BCUT2D eigenvalue weighted by Gasteiger charge is -2.14. The largest absolute Gasteiger partial charge is 0.497 e. The van der Waals surface area contributed by atoms with Gasteiger partial charge in [0.1, 0.15) is 11.6 Å². The molecule has 0 radical (unpaired) electrons. The van der Waals surface area contributed by atoms with Gasteiger partial charge in [-0.3, -0.25) is 0 Å². The monoisotopic (exact) mass is 265 g/mol. The summed E-state index contributed by atoms with van der Waals surface area (Å²) in [5.74, 6) is -0.182. The maximum Gasteiger partial charge on any atom is 0.319 e. The number of ether oxygens (including phenoxy) is 1. The van der Waals surface area contributed by atoms with E-state index < -0.39 is 11.8 Å². The summed E-state index contributed by atoms with van der Waals surface area (Å²) >= 11 is 0. The van der Waals surface area contributed by atoms with Crippen LogP contribution in [0.5, 0.6) is 5.75 Å². The molecule has 0 aliphatic rings. The molecule has 2 amide bonds. The van der Waals surface area contributed by atoms with E-state index in [9.17, 15) is 9.18 Å². The lowest BCUT2D eigenvalue weighted by atomic mass is 10.2. The number of benzene rings is 1. The van der Waals surface area contributed by atoms with Crippen molar-refractivity contribution in [1.82, 2.24) is 5.32 Å². The molecule has 102 valence electrons. The number of halogens is 1.